The van der Waals surface area contributed by atoms with Gasteiger partial charge in [-0.1, -0.05) is 0 Å². The van der Waals surface area contributed by atoms with Crippen LogP contribution in [0.3, 0.4) is 0 Å². The first-order valence-electron chi connectivity index (χ1n) is 9.77. The van der Waals surface area contributed by atoms with Gasteiger partial charge in [-0.3, -0.25) is 4.79 Å². The third-order valence-corrected chi connectivity index (χ3v) is 4.98. The Morgan fingerprint density at radius 2 is 1.72 bits per heavy atom. The number of morpholine rings is 1. The lowest BCUT2D eigenvalue weighted by molar-refractivity contribution is -0.136. The van der Waals surface area contributed by atoms with Gasteiger partial charge in [-0.25, -0.2) is 14.1 Å². The van der Waals surface area contributed by atoms with Gasteiger partial charge in [0.05, 0.1) is 30.2 Å². The molecule has 1 saturated heterocycles. The van der Waals surface area contributed by atoms with Gasteiger partial charge in [0.2, 0.25) is 5.82 Å². The van der Waals surface area contributed by atoms with Gasteiger partial charge < -0.3 is 15.0 Å². The molecule has 4 rings (SSSR count). The Bertz CT molecular complexity index is 1120. The van der Waals surface area contributed by atoms with Crippen LogP contribution in [0.4, 0.5) is 28.9 Å². The molecule has 1 aliphatic heterocycles. The Labute approximate surface area is 180 Å². The van der Waals surface area contributed by atoms with Crippen LogP contribution >= 0.6 is 0 Å². The molecule has 0 bridgehead atoms. The fourth-order valence-electron chi connectivity index (χ4n) is 3.39. The maximum absolute atomic E-state index is 13.7. The highest BCUT2D eigenvalue weighted by molar-refractivity contribution is 6.02. The van der Waals surface area contributed by atoms with E-state index in [-0.39, 0.29) is 5.82 Å². The molecule has 3 aromatic rings. The summed E-state index contributed by atoms with van der Waals surface area (Å²) in [6, 6.07) is 9.09. The molecule has 0 aliphatic carbocycles. The molecule has 2 aromatic carbocycles. The number of ether oxygens (including phenoxy) is 1. The van der Waals surface area contributed by atoms with Crippen LogP contribution in [-0.4, -0.2) is 47.0 Å². The van der Waals surface area contributed by atoms with Gasteiger partial charge in [0.25, 0.3) is 5.91 Å². The zero-order valence-electron chi connectivity index (χ0n) is 17.0. The number of benzene rings is 2. The van der Waals surface area contributed by atoms with Gasteiger partial charge in [-0.15, -0.1) is 5.10 Å². The Morgan fingerprint density at radius 1 is 1.06 bits per heavy atom. The van der Waals surface area contributed by atoms with Crippen LogP contribution in [-0.2, 0) is 10.9 Å². The molecule has 1 N–H and O–H groups in total. The standard InChI is InChI=1S/C21H19F4N5O2/c1-13-26-19(28-30(13)15-4-2-14(22)3-5-15)20(31)27-18-7-6-16(12-17(18)21(23,24)25)29-8-10-32-11-9-29/h2-7,12H,8-11H2,1H3,(H,27,31). The average Bonchev–Trinajstić information content (AvgIpc) is 3.16. The van der Waals surface area contributed by atoms with Crippen molar-refractivity contribution in [3.8, 4) is 5.69 Å². The number of aromatic nitrogens is 3. The molecule has 0 radical (unpaired) electrons. The van der Waals surface area contributed by atoms with E-state index in [2.05, 4.69) is 15.4 Å². The highest BCUT2D eigenvalue weighted by Crippen LogP contribution is 2.37. The quantitative estimate of drug-likeness (QED) is 0.614. The first kappa shape index (κ1) is 21.8. The van der Waals surface area contributed by atoms with Crippen molar-refractivity contribution in [2.75, 3.05) is 36.5 Å². The molecule has 0 spiro atoms. The fraction of sp³-hybridized carbons (Fsp3) is 0.286. The number of amides is 1. The number of nitrogens with zero attached hydrogens (tertiary/aromatic N) is 4. The van der Waals surface area contributed by atoms with Crippen molar-refractivity contribution in [3.63, 3.8) is 0 Å². The van der Waals surface area contributed by atoms with E-state index < -0.39 is 29.2 Å². The summed E-state index contributed by atoms with van der Waals surface area (Å²) in [6.45, 7) is 3.40. The highest BCUT2D eigenvalue weighted by atomic mass is 19.4. The van der Waals surface area contributed by atoms with Crippen LogP contribution in [0.1, 0.15) is 22.0 Å². The summed E-state index contributed by atoms with van der Waals surface area (Å²) in [5.74, 6) is -1.32. The summed E-state index contributed by atoms with van der Waals surface area (Å²) in [5.41, 5.74) is -0.505. The van der Waals surface area contributed by atoms with Crippen molar-refractivity contribution in [2.24, 2.45) is 0 Å². The molecular formula is C21H19F4N5O2. The molecule has 7 nitrogen and oxygen atoms in total. The van der Waals surface area contributed by atoms with Crippen molar-refractivity contribution in [2.45, 2.75) is 13.1 Å². The van der Waals surface area contributed by atoms with Crippen LogP contribution in [0.2, 0.25) is 0 Å². The minimum Gasteiger partial charge on any atom is -0.378 e. The van der Waals surface area contributed by atoms with Gasteiger partial charge in [0.15, 0.2) is 0 Å². The third-order valence-electron chi connectivity index (χ3n) is 4.98. The van der Waals surface area contributed by atoms with Gasteiger partial charge >= 0.3 is 6.18 Å². The van der Waals surface area contributed by atoms with Crippen molar-refractivity contribution in [3.05, 3.63) is 65.5 Å². The second-order valence-corrected chi connectivity index (χ2v) is 7.15. The lowest BCUT2D eigenvalue weighted by Gasteiger charge is -2.29. The molecule has 168 valence electrons. The number of carbonyl (C=O) groups is 1. The predicted octanol–water partition coefficient (Wildman–Crippen LogP) is 3.82. The Hall–Kier alpha value is -3.47. The summed E-state index contributed by atoms with van der Waals surface area (Å²) < 4.78 is 60.8. The first-order valence-corrected chi connectivity index (χ1v) is 9.77. The van der Waals surface area contributed by atoms with E-state index in [1.54, 1.807) is 11.8 Å². The zero-order chi connectivity index (χ0) is 22.9. The van der Waals surface area contributed by atoms with Crippen LogP contribution in [0.5, 0.6) is 0 Å². The second kappa shape index (κ2) is 8.58. The van der Waals surface area contributed by atoms with Crippen LogP contribution in [0, 0.1) is 12.7 Å². The number of hydrogen-bond acceptors (Lipinski definition) is 5. The van der Waals surface area contributed by atoms with E-state index in [0.29, 0.717) is 43.5 Å². The monoisotopic (exact) mass is 449 g/mol. The lowest BCUT2D eigenvalue weighted by atomic mass is 10.1. The lowest BCUT2D eigenvalue weighted by Crippen LogP contribution is -2.36. The minimum absolute atomic E-state index is 0.308. The number of aryl methyl sites for hydroxylation is 1. The number of alkyl halides is 3. The normalized spacial score (nSPS) is 14.5. The van der Waals surface area contributed by atoms with Crippen molar-refractivity contribution in [1.82, 2.24) is 14.8 Å². The van der Waals surface area contributed by atoms with Gasteiger partial charge in [0.1, 0.15) is 11.6 Å². The molecule has 1 aromatic heterocycles. The molecule has 1 amide bonds. The van der Waals surface area contributed by atoms with Gasteiger partial charge in [-0.05, 0) is 49.4 Å². The average molecular weight is 449 g/mol. The molecule has 11 heteroatoms. The first-order chi connectivity index (χ1) is 15.2. The van der Waals surface area contributed by atoms with E-state index in [4.69, 9.17) is 4.74 Å². The Balaban J connectivity index is 1.60. The summed E-state index contributed by atoms with van der Waals surface area (Å²) in [6.07, 6.45) is -4.68. The van der Waals surface area contributed by atoms with Gasteiger partial charge in [-0.2, -0.15) is 13.2 Å². The summed E-state index contributed by atoms with van der Waals surface area (Å²) >= 11 is 0. The SMILES string of the molecule is Cc1nc(C(=O)Nc2ccc(N3CCOCC3)cc2C(F)(F)F)nn1-c1ccc(F)cc1. The van der Waals surface area contributed by atoms with E-state index >= 15 is 0 Å². The van der Waals surface area contributed by atoms with E-state index in [1.165, 1.54) is 41.1 Å². The largest absolute Gasteiger partial charge is 0.418 e. The smallest absolute Gasteiger partial charge is 0.378 e. The maximum atomic E-state index is 13.7. The van der Waals surface area contributed by atoms with Crippen molar-refractivity contribution >= 4 is 17.3 Å². The molecule has 0 saturated carbocycles. The summed E-state index contributed by atoms with van der Waals surface area (Å²) in [5, 5.41) is 6.32. The molecular weight excluding hydrogens is 430 g/mol. The topological polar surface area (TPSA) is 72.3 Å². The van der Waals surface area contributed by atoms with Gasteiger partial charge in [0, 0.05) is 18.8 Å². The van der Waals surface area contributed by atoms with E-state index in [0.717, 1.165) is 6.07 Å². The Kier molecular flexibility index (Phi) is 5.83. The van der Waals surface area contributed by atoms with E-state index in [1.807, 2.05) is 0 Å². The third kappa shape index (κ3) is 4.57. The summed E-state index contributed by atoms with van der Waals surface area (Å²) in [7, 11) is 0. The summed E-state index contributed by atoms with van der Waals surface area (Å²) in [4.78, 5) is 18.4. The molecule has 1 fully saturated rings. The minimum atomic E-state index is -4.68. The van der Waals surface area contributed by atoms with Crippen molar-refractivity contribution < 1.29 is 27.1 Å². The number of anilines is 2. The molecule has 0 atom stereocenters. The number of carbonyl (C=O) groups excluding carboxylic acids is 1. The van der Waals surface area contributed by atoms with Crippen LogP contribution < -0.4 is 10.2 Å². The molecule has 0 unspecified atom stereocenters. The number of hydrogen-bond donors (Lipinski definition) is 1. The molecule has 1 aliphatic rings. The second-order valence-electron chi connectivity index (χ2n) is 7.15. The van der Waals surface area contributed by atoms with E-state index in [9.17, 15) is 22.4 Å². The number of nitrogens with one attached hydrogen (secondary N) is 1. The molecule has 32 heavy (non-hydrogen) atoms. The van der Waals surface area contributed by atoms with Crippen LogP contribution in [0.25, 0.3) is 5.69 Å². The predicted molar refractivity (Wildman–Crippen MR) is 108 cm³/mol. The Morgan fingerprint density at radius 3 is 2.38 bits per heavy atom. The van der Waals surface area contributed by atoms with Crippen molar-refractivity contribution in [1.29, 1.82) is 0 Å². The number of rotatable bonds is 4. The fourth-order valence-corrected chi connectivity index (χ4v) is 3.39. The number of halogens is 4. The maximum Gasteiger partial charge on any atom is 0.418 e. The highest BCUT2D eigenvalue weighted by Gasteiger charge is 2.35. The zero-order valence-corrected chi connectivity index (χ0v) is 17.0. The van der Waals surface area contributed by atoms with Crippen LogP contribution in [0.15, 0.2) is 42.5 Å². The molecule has 2 heterocycles.